The smallest absolute Gasteiger partial charge is 0.314 e. The highest BCUT2D eigenvalue weighted by Crippen LogP contribution is 2.59. The van der Waals surface area contributed by atoms with Crippen LogP contribution in [0.2, 0.25) is 0 Å². The SMILES string of the molecule is CC1(C)CN(C(=O)Nc2cc(C(F)(F)F)cc(C(F)(F)F)c2)[C@](CC(F)(F)C(F)(F)C(F)(F)C(F)(F)F)(c2ccccc2)C1. The lowest BCUT2D eigenvalue weighted by atomic mass is 9.75. The summed E-state index contributed by atoms with van der Waals surface area (Å²) >= 11 is 0. The fraction of sp³-hybridized carbons (Fsp3) is 0.500. The summed E-state index contributed by atoms with van der Waals surface area (Å²) in [5.74, 6) is -20.5. The number of amides is 2. The number of likely N-dealkylation sites (tertiary alicyclic amines) is 1. The zero-order valence-electron chi connectivity index (χ0n) is 22.3. The van der Waals surface area contributed by atoms with Crippen LogP contribution in [0.25, 0.3) is 0 Å². The van der Waals surface area contributed by atoms with Gasteiger partial charge in [-0.1, -0.05) is 44.2 Å². The van der Waals surface area contributed by atoms with Gasteiger partial charge in [0.1, 0.15) is 0 Å². The summed E-state index contributed by atoms with van der Waals surface area (Å²) < 4.78 is 205. The molecule has 1 heterocycles. The van der Waals surface area contributed by atoms with E-state index in [-0.39, 0.29) is 18.2 Å². The normalized spacial score (nSPS) is 20.2. The van der Waals surface area contributed by atoms with Gasteiger partial charge in [-0.05, 0) is 35.6 Å². The van der Waals surface area contributed by atoms with E-state index in [0.717, 1.165) is 24.3 Å². The van der Waals surface area contributed by atoms with Crippen LogP contribution in [-0.2, 0) is 17.9 Å². The van der Waals surface area contributed by atoms with E-state index in [0.29, 0.717) is 4.90 Å². The lowest BCUT2D eigenvalue weighted by Gasteiger charge is -2.43. The van der Waals surface area contributed by atoms with Crippen LogP contribution in [0.5, 0.6) is 0 Å². The van der Waals surface area contributed by atoms with Crippen LogP contribution in [0.1, 0.15) is 43.4 Å². The number of carbonyl (C=O) groups excluding carboxylic acids is 1. The minimum Gasteiger partial charge on any atom is -0.314 e. The molecule has 0 radical (unpaired) electrons. The van der Waals surface area contributed by atoms with Gasteiger partial charge in [0.15, 0.2) is 0 Å². The van der Waals surface area contributed by atoms with Crippen molar-refractivity contribution in [1.82, 2.24) is 4.90 Å². The number of alkyl halides is 15. The van der Waals surface area contributed by atoms with Gasteiger partial charge >= 0.3 is 42.3 Å². The molecule has 2 amide bonds. The monoisotopic (exact) mass is 662 g/mol. The predicted octanol–water partition coefficient (Wildman–Crippen LogP) is 9.74. The van der Waals surface area contributed by atoms with E-state index in [1.165, 1.54) is 19.9 Å². The third-order valence-corrected chi connectivity index (χ3v) is 6.99. The van der Waals surface area contributed by atoms with E-state index in [1.54, 1.807) is 5.32 Å². The first-order valence-corrected chi connectivity index (χ1v) is 12.2. The third kappa shape index (κ3) is 6.39. The first kappa shape index (κ1) is 35.1. The summed E-state index contributed by atoms with van der Waals surface area (Å²) in [5.41, 5.74) is -9.61. The molecule has 0 spiro atoms. The Balaban J connectivity index is 2.19. The van der Waals surface area contributed by atoms with Gasteiger partial charge in [0.2, 0.25) is 0 Å². The van der Waals surface area contributed by atoms with Crippen LogP contribution < -0.4 is 5.32 Å². The molecule has 2 aromatic carbocycles. The van der Waals surface area contributed by atoms with Gasteiger partial charge in [0, 0.05) is 18.7 Å². The Hall–Kier alpha value is -3.34. The Kier molecular flexibility index (Phi) is 8.49. The number of halogens is 15. The van der Waals surface area contributed by atoms with Crippen molar-refractivity contribution in [2.45, 2.75) is 68.5 Å². The van der Waals surface area contributed by atoms with E-state index in [2.05, 4.69) is 0 Å². The highest BCUT2D eigenvalue weighted by molar-refractivity contribution is 5.90. The standard InChI is InChI=1S/C26H21F15N2O/c1-19(2)11-20(14-6-4-3-5-7-14,12-21(27,28)24(35,36)25(37,38)26(39,40)41)43(13-19)18(44)42-17-9-15(22(29,30)31)8-16(10-17)23(32,33)34/h3-10H,11-13H2,1-2H3,(H,42,44)/t20-/m1/s1. The van der Waals surface area contributed by atoms with Crippen molar-refractivity contribution in [2.75, 3.05) is 11.9 Å². The number of nitrogens with zero attached hydrogens (tertiary/aromatic N) is 1. The molecular formula is C26H21F15N2O. The molecule has 246 valence electrons. The van der Waals surface area contributed by atoms with Gasteiger partial charge < -0.3 is 10.2 Å². The Morgan fingerprint density at radius 2 is 1.23 bits per heavy atom. The molecule has 1 aliphatic rings. The van der Waals surface area contributed by atoms with Gasteiger partial charge in [0.05, 0.1) is 16.7 Å². The second kappa shape index (κ2) is 10.6. The van der Waals surface area contributed by atoms with Crippen LogP contribution in [0.4, 0.5) is 76.3 Å². The van der Waals surface area contributed by atoms with Crippen molar-refractivity contribution in [3.05, 3.63) is 65.2 Å². The highest BCUT2D eigenvalue weighted by Gasteiger charge is 2.82. The van der Waals surface area contributed by atoms with Crippen LogP contribution in [0.3, 0.4) is 0 Å². The molecule has 0 aliphatic carbocycles. The summed E-state index contributed by atoms with van der Waals surface area (Å²) in [5, 5.41) is 1.68. The average Bonchev–Trinajstić information content (AvgIpc) is 3.13. The predicted molar refractivity (Wildman–Crippen MR) is 124 cm³/mol. The fourth-order valence-electron chi connectivity index (χ4n) is 5.16. The molecule has 0 saturated carbocycles. The van der Waals surface area contributed by atoms with Crippen molar-refractivity contribution in [2.24, 2.45) is 5.41 Å². The quantitative estimate of drug-likeness (QED) is 0.307. The lowest BCUT2D eigenvalue weighted by Crippen LogP contribution is -2.63. The highest BCUT2D eigenvalue weighted by atomic mass is 19.4. The summed E-state index contributed by atoms with van der Waals surface area (Å²) in [6, 6.07) is 3.56. The van der Waals surface area contributed by atoms with Crippen LogP contribution in [0, 0.1) is 5.41 Å². The van der Waals surface area contributed by atoms with Crippen molar-refractivity contribution in [3.63, 3.8) is 0 Å². The van der Waals surface area contributed by atoms with Crippen molar-refractivity contribution in [1.29, 1.82) is 0 Å². The largest absolute Gasteiger partial charge is 0.460 e. The first-order chi connectivity index (χ1) is 19.6. The van der Waals surface area contributed by atoms with E-state index in [4.69, 9.17) is 0 Å². The number of anilines is 1. The first-order valence-electron chi connectivity index (χ1n) is 12.2. The molecule has 1 saturated heterocycles. The topological polar surface area (TPSA) is 32.3 Å². The molecule has 0 aromatic heterocycles. The summed E-state index contributed by atoms with van der Waals surface area (Å²) in [4.78, 5) is 13.7. The fourth-order valence-corrected chi connectivity index (χ4v) is 5.16. The molecular weight excluding hydrogens is 641 g/mol. The van der Waals surface area contributed by atoms with Crippen molar-refractivity contribution in [3.8, 4) is 0 Å². The molecule has 0 bridgehead atoms. The number of urea groups is 1. The number of hydrogen-bond donors (Lipinski definition) is 1. The third-order valence-electron chi connectivity index (χ3n) is 6.99. The molecule has 3 nitrogen and oxygen atoms in total. The number of carbonyl (C=O) groups is 1. The Morgan fingerprint density at radius 1 is 0.750 bits per heavy atom. The van der Waals surface area contributed by atoms with Gasteiger partial charge in [-0.25, -0.2) is 4.79 Å². The van der Waals surface area contributed by atoms with Crippen molar-refractivity contribution < 1.29 is 70.7 Å². The Bertz CT molecular complexity index is 1330. The number of hydrogen-bond acceptors (Lipinski definition) is 1. The molecule has 2 aromatic rings. The zero-order chi connectivity index (χ0) is 33.9. The molecule has 1 fully saturated rings. The molecule has 1 N–H and O–H groups in total. The maximum Gasteiger partial charge on any atom is 0.460 e. The van der Waals surface area contributed by atoms with E-state index in [9.17, 15) is 61.9 Å². The molecule has 44 heavy (non-hydrogen) atoms. The Morgan fingerprint density at radius 3 is 1.66 bits per heavy atom. The Labute approximate surface area is 239 Å². The average molecular weight is 662 g/mol. The van der Waals surface area contributed by atoms with Crippen LogP contribution >= 0.6 is 0 Å². The lowest BCUT2D eigenvalue weighted by molar-refractivity contribution is -0.399. The number of benzene rings is 2. The maximum absolute atomic E-state index is 15.2. The molecule has 0 unspecified atom stereocenters. The van der Waals surface area contributed by atoms with E-state index in [1.807, 2.05) is 0 Å². The van der Waals surface area contributed by atoms with Gasteiger partial charge in [-0.2, -0.15) is 65.9 Å². The van der Waals surface area contributed by atoms with E-state index >= 15 is 8.78 Å². The van der Waals surface area contributed by atoms with Crippen molar-refractivity contribution >= 4 is 11.7 Å². The van der Waals surface area contributed by atoms with E-state index < -0.39 is 95.0 Å². The minimum atomic E-state index is -7.26. The molecule has 18 heteroatoms. The molecule has 1 aliphatic heterocycles. The molecule has 3 rings (SSSR count). The number of nitrogens with one attached hydrogen (secondary N) is 1. The maximum atomic E-state index is 15.2. The summed E-state index contributed by atoms with van der Waals surface area (Å²) in [6.45, 7) is 1.81. The van der Waals surface area contributed by atoms with Crippen LogP contribution in [-0.4, -0.2) is 41.4 Å². The van der Waals surface area contributed by atoms with Crippen LogP contribution in [0.15, 0.2) is 48.5 Å². The van der Waals surface area contributed by atoms with Gasteiger partial charge in [-0.3, -0.25) is 0 Å². The minimum absolute atomic E-state index is 0.0607. The number of rotatable bonds is 6. The second-order valence-electron chi connectivity index (χ2n) is 11.1. The summed E-state index contributed by atoms with van der Waals surface area (Å²) in [7, 11) is 0. The second-order valence-corrected chi connectivity index (χ2v) is 11.1. The molecule has 1 atom stereocenters. The summed E-state index contributed by atoms with van der Waals surface area (Å²) in [6.07, 6.45) is -21.2. The van der Waals surface area contributed by atoms with Gasteiger partial charge in [0.25, 0.3) is 0 Å². The zero-order valence-corrected chi connectivity index (χ0v) is 22.3. The van der Waals surface area contributed by atoms with Gasteiger partial charge in [-0.15, -0.1) is 0 Å².